The zero-order valence-corrected chi connectivity index (χ0v) is 14.8. The van der Waals surface area contributed by atoms with Gasteiger partial charge in [0.2, 0.25) is 10.0 Å². The summed E-state index contributed by atoms with van der Waals surface area (Å²) in [6.45, 7) is -0.118. The molecule has 1 aromatic heterocycles. The highest BCUT2D eigenvalue weighted by atomic mass is 32.2. The lowest BCUT2D eigenvalue weighted by Crippen LogP contribution is -2.28. The van der Waals surface area contributed by atoms with Gasteiger partial charge in [-0.3, -0.25) is 0 Å². The van der Waals surface area contributed by atoms with Crippen LogP contribution in [0.5, 0.6) is 5.75 Å². The van der Waals surface area contributed by atoms with E-state index in [0.717, 1.165) is 10.9 Å². The number of methoxy groups -OCH3 is 1. The number of aryl methyl sites for hydroxylation is 1. The second kappa shape index (κ2) is 6.87. The Kier molecular flexibility index (Phi) is 4.80. The number of aliphatic hydroxyl groups excluding tert-OH is 1. The van der Waals surface area contributed by atoms with Crippen molar-refractivity contribution in [3.05, 3.63) is 60.3 Å². The van der Waals surface area contributed by atoms with Crippen molar-refractivity contribution in [1.29, 1.82) is 0 Å². The Balaban J connectivity index is 1.80. The molecule has 0 saturated carbocycles. The summed E-state index contributed by atoms with van der Waals surface area (Å²) in [6.07, 6.45) is 0.862. The Hall–Kier alpha value is -2.35. The highest BCUT2D eigenvalue weighted by Gasteiger charge is 2.19. The fraction of sp³-hybridized carbons (Fsp3) is 0.222. The first-order valence-electron chi connectivity index (χ1n) is 7.78. The molecule has 3 rings (SSSR count). The van der Waals surface area contributed by atoms with Crippen molar-refractivity contribution in [2.75, 3.05) is 13.7 Å². The molecule has 0 saturated heterocycles. The third kappa shape index (κ3) is 3.53. The van der Waals surface area contributed by atoms with Gasteiger partial charge in [-0.25, -0.2) is 13.1 Å². The molecule has 0 radical (unpaired) electrons. The molecule has 7 heteroatoms. The van der Waals surface area contributed by atoms with Crippen LogP contribution in [-0.4, -0.2) is 31.7 Å². The van der Waals surface area contributed by atoms with Gasteiger partial charge in [0.25, 0.3) is 0 Å². The number of para-hydroxylation sites is 1. The number of sulfonamides is 1. The largest absolute Gasteiger partial charge is 0.497 e. The quantitative estimate of drug-likeness (QED) is 0.706. The highest BCUT2D eigenvalue weighted by Crippen LogP contribution is 2.26. The van der Waals surface area contributed by atoms with Crippen LogP contribution in [0.3, 0.4) is 0 Å². The van der Waals surface area contributed by atoms with Gasteiger partial charge in [-0.05, 0) is 18.2 Å². The van der Waals surface area contributed by atoms with Crippen LogP contribution in [0.4, 0.5) is 0 Å². The van der Waals surface area contributed by atoms with Crippen molar-refractivity contribution in [3.63, 3.8) is 0 Å². The number of ether oxygens (including phenoxy) is 1. The number of aliphatic hydroxyl groups is 1. The first-order valence-corrected chi connectivity index (χ1v) is 9.26. The molecule has 0 aliphatic carbocycles. The lowest BCUT2D eigenvalue weighted by molar-refractivity contribution is 0.183. The minimum atomic E-state index is -3.74. The minimum Gasteiger partial charge on any atom is -0.497 e. The van der Waals surface area contributed by atoms with Gasteiger partial charge in [0.05, 0.1) is 18.1 Å². The van der Waals surface area contributed by atoms with Gasteiger partial charge in [0.1, 0.15) is 5.75 Å². The zero-order valence-electron chi connectivity index (χ0n) is 14.0. The molecule has 6 nitrogen and oxygen atoms in total. The predicted octanol–water partition coefficient (Wildman–Crippen LogP) is 2.20. The molecular weight excluding hydrogens is 340 g/mol. The molecular formula is C18H20N2O4S. The van der Waals surface area contributed by atoms with Crippen LogP contribution in [0.15, 0.2) is 59.6 Å². The molecule has 2 aromatic carbocycles. The maximum Gasteiger partial charge on any atom is 0.240 e. The SMILES string of the molecule is COc1cccc(S(=O)(=O)NCC(O)c2cn(C)c3ccccc23)c1. The van der Waals surface area contributed by atoms with Crippen LogP contribution < -0.4 is 9.46 Å². The molecule has 1 unspecified atom stereocenters. The van der Waals surface area contributed by atoms with Crippen molar-refractivity contribution in [3.8, 4) is 5.75 Å². The highest BCUT2D eigenvalue weighted by molar-refractivity contribution is 7.89. The van der Waals surface area contributed by atoms with E-state index in [2.05, 4.69) is 4.72 Å². The Morgan fingerprint density at radius 3 is 2.72 bits per heavy atom. The standard InChI is InChI=1S/C18H20N2O4S/c1-20-12-16(15-8-3-4-9-17(15)20)18(21)11-19-25(22,23)14-7-5-6-13(10-14)24-2/h3-10,12,18-19,21H,11H2,1-2H3. The van der Waals surface area contributed by atoms with Gasteiger partial charge in [-0.15, -0.1) is 0 Å². The van der Waals surface area contributed by atoms with E-state index in [1.165, 1.54) is 19.2 Å². The predicted molar refractivity (Wildman–Crippen MR) is 96.1 cm³/mol. The molecule has 2 N–H and O–H groups in total. The smallest absolute Gasteiger partial charge is 0.240 e. The third-order valence-corrected chi connectivity index (χ3v) is 5.53. The lowest BCUT2D eigenvalue weighted by Gasteiger charge is -2.12. The summed E-state index contributed by atoms with van der Waals surface area (Å²) in [5, 5.41) is 11.4. The second-order valence-electron chi connectivity index (χ2n) is 5.76. The molecule has 0 amide bonds. The first-order chi connectivity index (χ1) is 11.9. The van der Waals surface area contributed by atoms with Gasteiger partial charge in [0, 0.05) is 42.3 Å². The topological polar surface area (TPSA) is 80.6 Å². The van der Waals surface area contributed by atoms with E-state index in [1.807, 2.05) is 42.1 Å². The molecule has 1 heterocycles. The van der Waals surface area contributed by atoms with Crippen LogP contribution in [0.1, 0.15) is 11.7 Å². The Morgan fingerprint density at radius 1 is 1.20 bits per heavy atom. The summed E-state index contributed by atoms with van der Waals surface area (Å²) in [7, 11) is -0.376. The van der Waals surface area contributed by atoms with E-state index in [-0.39, 0.29) is 11.4 Å². The summed E-state index contributed by atoms with van der Waals surface area (Å²) < 4.78 is 34.3. The van der Waals surface area contributed by atoms with Crippen molar-refractivity contribution in [1.82, 2.24) is 9.29 Å². The fourth-order valence-electron chi connectivity index (χ4n) is 2.79. The van der Waals surface area contributed by atoms with Crippen LogP contribution in [0.2, 0.25) is 0 Å². The number of nitrogens with one attached hydrogen (secondary N) is 1. The van der Waals surface area contributed by atoms with E-state index < -0.39 is 16.1 Å². The van der Waals surface area contributed by atoms with Crippen LogP contribution in [-0.2, 0) is 17.1 Å². The average Bonchev–Trinajstić information content (AvgIpc) is 2.97. The number of nitrogens with zero attached hydrogens (tertiary/aromatic N) is 1. The maximum atomic E-state index is 12.4. The zero-order chi connectivity index (χ0) is 18.0. The summed E-state index contributed by atoms with van der Waals surface area (Å²) >= 11 is 0. The summed E-state index contributed by atoms with van der Waals surface area (Å²) in [4.78, 5) is 0.0944. The molecule has 0 spiro atoms. The normalized spacial score (nSPS) is 13.1. The molecule has 0 bridgehead atoms. The number of aromatic nitrogens is 1. The summed E-state index contributed by atoms with van der Waals surface area (Å²) in [6, 6.07) is 13.9. The molecule has 1 atom stereocenters. The molecule has 132 valence electrons. The molecule has 0 aliphatic rings. The van der Waals surface area contributed by atoms with E-state index >= 15 is 0 Å². The van der Waals surface area contributed by atoms with Crippen molar-refractivity contribution >= 4 is 20.9 Å². The Labute approximate surface area is 146 Å². The van der Waals surface area contributed by atoms with E-state index in [1.54, 1.807) is 12.1 Å². The van der Waals surface area contributed by atoms with Gasteiger partial charge in [-0.2, -0.15) is 0 Å². The maximum absolute atomic E-state index is 12.4. The van der Waals surface area contributed by atoms with Crippen LogP contribution >= 0.6 is 0 Å². The van der Waals surface area contributed by atoms with Crippen LogP contribution in [0, 0.1) is 0 Å². The lowest BCUT2D eigenvalue weighted by atomic mass is 10.1. The Bertz CT molecular complexity index is 995. The summed E-state index contributed by atoms with van der Waals surface area (Å²) in [5.74, 6) is 0.456. The Morgan fingerprint density at radius 2 is 1.96 bits per heavy atom. The molecule has 25 heavy (non-hydrogen) atoms. The number of fused-ring (bicyclic) bond motifs is 1. The third-order valence-electron chi connectivity index (χ3n) is 4.10. The van der Waals surface area contributed by atoms with E-state index in [9.17, 15) is 13.5 Å². The van der Waals surface area contributed by atoms with Gasteiger partial charge < -0.3 is 14.4 Å². The molecule has 3 aromatic rings. The molecule has 0 fully saturated rings. The number of hydrogen-bond acceptors (Lipinski definition) is 4. The van der Waals surface area contributed by atoms with Crippen molar-refractivity contribution in [2.24, 2.45) is 7.05 Å². The number of hydrogen-bond donors (Lipinski definition) is 2. The van der Waals surface area contributed by atoms with E-state index in [4.69, 9.17) is 4.74 Å². The molecule has 0 aliphatic heterocycles. The van der Waals surface area contributed by atoms with Gasteiger partial charge >= 0.3 is 0 Å². The number of rotatable bonds is 6. The van der Waals surface area contributed by atoms with Crippen molar-refractivity contribution in [2.45, 2.75) is 11.0 Å². The average molecular weight is 360 g/mol. The minimum absolute atomic E-state index is 0.0944. The van der Waals surface area contributed by atoms with Crippen molar-refractivity contribution < 1.29 is 18.3 Å². The fourth-order valence-corrected chi connectivity index (χ4v) is 3.86. The van der Waals surface area contributed by atoms with E-state index in [0.29, 0.717) is 11.3 Å². The second-order valence-corrected chi connectivity index (χ2v) is 7.53. The monoisotopic (exact) mass is 360 g/mol. The van der Waals surface area contributed by atoms with Gasteiger partial charge in [0.15, 0.2) is 0 Å². The van der Waals surface area contributed by atoms with Crippen LogP contribution in [0.25, 0.3) is 10.9 Å². The number of benzene rings is 2. The first kappa shape index (κ1) is 17.5. The summed E-state index contributed by atoms with van der Waals surface area (Å²) in [5.41, 5.74) is 1.67. The van der Waals surface area contributed by atoms with Gasteiger partial charge in [-0.1, -0.05) is 24.3 Å².